The summed E-state index contributed by atoms with van der Waals surface area (Å²) < 4.78 is 5.17. The highest BCUT2D eigenvalue weighted by molar-refractivity contribution is 5.94. The Morgan fingerprint density at radius 3 is 2.50 bits per heavy atom. The van der Waals surface area contributed by atoms with Crippen LogP contribution in [0.5, 0.6) is 17.2 Å². The molecule has 4 heteroatoms. The molecule has 0 spiro atoms. The Bertz CT molecular complexity index is 590. The lowest BCUT2D eigenvalue weighted by molar-refractivity contribution is 0.0730. The summed E-state index contributed by atoms with van der Waals surface area (Å²) in [5.74, 6) is -0.648. The van der Waals surface area contributed by atoms with Crippen LogP contribution in [0.4, 0.5) is 0 Å². The number of carbonyl (C=O) groups excluding carboxylic acids is 1. The van der Waals surface area contributed by atoms with E-state index in [0.717, 1.165) is 11.6 Å². The van der Waals surface area contributed by atoms with Crippen LogP contribution in [-0.2, 0) is 0 Å². The first-order valence-electron chi connectivity index (χ1n) is 5.37. The molecule has 0 saturated heterocycles. The number of phenols is 2. The fourth-order valence-corrected chi connectivity index (χ4v) is 1.52. The van der Waals surface area contributed by atoms with Crippen molar-refractivity contribution in [3.8, 4) is 17.2 Å². The molecule has 0 atom stereocenters. The van der Waals surface area contributed by atoms with Gasteiger partial charge in [-0.2, -0.15) is 0 Å². The predicted molar refractivity (Wildman–Crippen MR) is 65.9 cm³/mol. The average Bonchev–Trinajstić information content (AvgIpc) is 2.32. The summed E-state index contributed by atoms with van der Waals surface area (Å²) in [7, 11) is 0. The minimum Gasteiger partial charge on any atom is -0.508 e. The molecular weight excluding hydrogens is 232 g/mol. The van der Waals surface area contributed by atoms with Crippen LogP contribution >= 0.6 is 0 Å². The molecule has 2 N–H and O–H groups in total. The summed E-state index contributed by atoms with van der Waals surface area (Å²) in [6, 6.07) is 10.8. The molecule has 2 aromatic carbocycles. The fraction of sp³-hybridized carbons (Fsp3) is 0.0714. The summed E-state index contributed by atoms with van der Waals surface area (Å²) in [6.45, 7) is 1.82. The van der Waals surface area contributed by atoms with Gasteiger partial charge in [0.1, 0.15) is 22.8 Å². The van der Waals surface area contributed by atoms with Crippen molar-refractivity contribution in [3.63, 3.8) is 0 Å². The van der Waals surface area contributed by atoms with Crippen LogP contribution in [0.3, 0.4) is 0 Å². The summed E-state index contributed by atoms with van der Waals surface area (Å²) in [6.07, 6.45) is 0. The zero-order valence-corrected chi connectivity index (χ0v) is 9.75. The number of aryl methyl sites for hydroxylation is 1. The quantitative estimate of drug-likeness (QED) is 0.629. The van der Waals surface area contributed by atoms with E-state index in [1.807, 2.05) is 19.1 Å². The first-order chi connectivity index (χ1) is 8.58. The molecule has 2 aromatic rings. The molecule has 0 heterocycles. The molecule has 4 nitrogen and oxygen atoms in total. The van der Waals surface area contributed by atoms with Gasteiger partial charge in [0, 0.05) is 6.07 Å². The molecule has 0 radical (unpaired) electrons. The number of benzene rings is 2. The summed E-state index contributed by atoms with van der Waals surface area (Å²) >= 11 is 0. The topological polar surface area (TPSA) is 66.8 Å². The van der Waals surface area contributed by atoms with Crippen molar-refractivity contribution in [2.24, 2.45) is 0 Å². The molecule has 0 unspecified atom stereocenters. The van der Waals surface area contributed by atoms with Crippen LogP contribution in [0.2, 0.25) is 0 Å². The second kappa shape index (κ2) is 4.79. The Morgan fingerprint density at radius 2 is 1.83 bits per heavy atom. The Morgan fingerprint density at radius 1 is 1.11 bits per heavy atom. The van der Waals surface area contributed by atoms with Crippen molar-refractivity contribution in [2.75, 3.05) is 0 Å². The molecule has 0 bridgehead atoms. The van der Waals surface area contributed by atoms with Crippen LogP contribution in [0.15, 0.2) is 42.5 Å². The Balaban J connectivity index is 2.25. The van der Waals surface area contributed by atoms with Gasteiger partial charge in [-0.3, -0.25) is 0 Å². The highest BCUT2D eigenvalue weighted by atomic mass is 16.5. The van der Waals surface area contributed by atoms with E-state index in [-0.39, 0.29) is 17.1 Å². The zero-order chi connectivity index (χ0) is 13.1. The van der Waals surface area contributed by atoms with E-state index < -0.39 is 5.97 Å². The number of hydrogen-bond donors (Lipinski definition) is 2. The van der Waals surface area contributed by atoms with Gasteiger partial charge in [-0.05, 0) is 30.7 Å². The van der Waals surface area contributed by atoms with Crippen LogP contribution in [0, 0.1) is 6.92 Å². The van der Waals surface area contributed by atoms with Gasteiger partial charge in [0.2, 0.25) is 0 Å². The van der Waals surface area contributed by atoms with E-state index >= 15 is 0 Å². The van der Waals surface area contributed by atoms with E-state index in [4.69, 9.17) is 9.84 Å². The Labute approximate surface area is 104 Å². The van der Waals surface area contributed by atoms with E-state index in [2.05, 4.69) is 0 Å². The van der Waals surface area contributed by atoms with Crippen LogP contribution in [0.25, 0.3) is 0 Å². The van der Waals surface area contributed by atoms with Crippen LogP contribution in [-0.4, -0.2) is 16.2 Å². The number of aromatic hydroxyl groups is 2. The SMILES string of the molecule is Cc1ccccc1OC(=O)c1ccc(O)cc1O. The largest absolute Gasteiger partial charge is 0.508 e. The number of para-hydroxylation sites is 1. The van der Waals surface area contributed by atoms with Crippen LogP contribution < -0.4 is 4.74 Å². The van der Waals surface area contributed by atoms with Gasteiger partial charge in [-0.1, -0.05) is 18.2 Å². The molecule has 92 valence electrons. The van der Waals surface area contributed by atoms with Crippen molar-refractivity contribution in [1.82, 2.24) is 0 Å². The summed E-state index contributed by atoms with van der Waals surface area (Å²) in [5.41, 5.74) is 0.833. The second-order valence-corrected chi connectivity index (χ2v) is 3.86. The third-order valence-corrected chi connectivity index (χ3v) is 2.50. The number of esters is 1. The van der Waals surface area contributed by atoms with Gasteiger partial charge >= 0.3 is 5.97 Å². The molecular formula is C14H12O4. The lowest BCUT2D eigenvalue weighted by atomic mass is 10.2. The van der Waals surface area contributed by atoms with Crippen molar-refractivity contribution in [3.05, 3.63) is 53.6 Å². The molecule has 0 fully saturated rings. The average molecular weight is 244 g/mol. The molecule has 2 rings (SSSR count). The summed E-state index contributed by atoms with van der Waals surface area (Å²) in [5, 5.41) is 18.7. The van der Waals surface area contributed by atoms with E-state index in [1.54, 1.807) is 12.1 Å². The first kappa shape index (κ1) is 12.0. The minimum atomic E-state index is -0.665. The minimum absolute atomic E-state index is 0.0102. The maximum atomic E-state index is 11.8. The highest BCUT2D eigenvalue weighted by Gasteiger charge is 2.14. The number of ether oxygens (including phenoxy) is 1. The van der Waals surface area contributed by atoms with Gasteiger partial charge in [0.15, 0.2) is 0 Å². The fourth-order valence-electron chi connectivity index (χ4n) is 1.52. The van der Waals surface area contributed by atoms with Gasteiger partial charge in [-0.15, -0.1) is 0 Å². The van der Waals surface area contributed by atoms with Crippen molar-refractivity contribution >= 4 is 5.97 Å². The highest BCUT2D eigenvalue weighted by Crippen LogP contribution is 2.25. The second-order valence-electron chi connectivity index (χ2n) is 3.86. The Hall–Kier alpha value is -2.49. The van der Waals surface area contributed by atoms with Crippen molar-refractivity contribution < 1.29 is 19.7 Å². The maximum Gasteiger partial charge on any atom is 0.347 e. The molecule has 0 amide bonds. The molecule has 0 aliphatic rings. The monoisotopic (exact) mass is 244 g/mol. The molecule has 18 heavy (non-hydrogen) atoms. The molecule has 0 saturated carbocycles. The van der Waals surface area contributed by atoms with Gasteiger partial charge < -0.3 is 14.9 Å². The molecule has 0 aromatic heterocycles. The lowest BCUT2D eigenvalue weighted by Crippen LogP contribution is -2.09. The van der Waals surface area contributed by atoms with Gasteiger partial charge in [-0.25, -0.2) is 4.79 Å². The number of phenolic OH excluding ortho intramolecular Hbond substituents is 2. The van der Waals surface area contributed by atoms with E-state index in [9.17, 15) is 9.90 Å². The first-order valence-corrected chi connectivity index (χ1v) is 5.37. The zero-order valence-electron chi connectivity index (χ0n) is 9.75. The smallest absolute Gasteiger partial charge is 0.347 e. The number of hydrogen-bond acceptors (Lipinski definition) is 4. The normalized spacial score (nSPS) is 10.1. The standard InChI is InChI=1S/C14H12O4/c1-9-4-2-3-5-13(9)18-14(17)11-7-6-10(15)8-12(11)16/h2-8,15-16H,1H3. The predicted octanol–water partition coefficient (Wildman–Crippen LogP) is 2.63. The lowest BCUT2D eigenvalue weighted by Gasteiger charge is -2.08. The van der Waals surface area contributed by atoms with E-state index in [1.165, 1.54) is 12.1 Å². The molecule has 0 aliphatic heterocycles. The Kier molecular flexibility index (Phi) is 3.19. The van der Waals surface area contributed by atoms with Crippen LogP contribution in [0.1, 0.15) is 15.9 Å². The number of rotatable bonds is 2. The maximum absolute atomic E-state index is 11.8. The van der Waals surface area contributed by atoms with Gasteiger partial charge in [0.05, 0.1) is 0 Å². The summed E-state index contributed by atoms with van der Waals surface area (Å²) in [4.78, 5) is 11.8. The van der Waals surface area contributed by atoms with Gasteiger partial charge in [0.25, 0.3) is 0 Å². The third kappa shape index (κ3) is 2.43. The molecule has 0 aliphatic carbocycles. The van der Waals surface area contributed by atoms with E-state index in [0.29, 0.717) is 5.75 Å². The third-order valence-electron chi connectivity index (χ3n) is 2.50. The number of carbonyl (C=O) groups is 1. The van der Waals surface area contributed by atoms with Crippen molar-refractivity contribution in [1.29, 1.82) is 0 Å². The van der Waals surface area contributed by atoms with Crippen molar-refractivity contribution in [2.45, 2.75) is 6.92 Å².